The van der Waals surface area contributed by atoms with E-state index < -0.39 is 11.9 Å². The molecular formula is C2H10N4O4Pd-4. The van der Waals surface area contributed by atoms with Crippen LogP contribution in [0.5, 0.6) is 0 Å². The second-order valence-electron chi connectivity index (χ2n) is 0.610. The van der Waals surface area contributed by atoms with Crippen molar-refractivity contribution in [3.8, 4) is 0 Å². The summed E-state index contributed by atoms with van der Waals surface area (Å²) >= 11 is 0. The molecule has 0 heterocycles. The smallest absolute Gasteiger partial charge is 0.414 e. The Hall–Kier alpha value is -0.558. The summed E-state index contributed by atoms with van der Waals surface area (Å²) in [5.74, 6) is -3.65. The van der Waals surface area contributed by atoms with Crippen LogP contribution in [0.4, 0.5) is 0 Å². The Labute approximate surface area is 77.3 Å². The molecule has 11 heavy (non-hydrogen) atoms. The van der Waals surface area contributed by atoms with E-state index in [2.05, 4.69) is 0 Å². The Morgan fingerprint density at radius 3 is 0.818 bits per heavy atom. The maximum atomic E-state index is 9.10. The maximum absolute atomic E-state index is 9.10. The molecule has 0 aliphatic rings. The topological polar surface area (TPSA) is 209 Å². The third-order valence-corrected chi connectivity index (χ3v) is 0.183. The first-order chi connectivity index (χ1) is 2.64. The average Bonchev–Trinajstić information content (AvgIpc) is 1.36. The van der Waals surface area contributed by atoms with Gasteiger partial charge >= 0.3 is 11.9 Å². The molecule has 0 aromatic rings. The number of aliphatic carboxylic acids is 2. The molecule has 0 spiro atoms. The van der Waals surface area contributed by atoms with E-state index in [9.17, 15) is 0 Å². The maximum Gasteiger partial charge on any atom is 0.414 e. The van der Waals surface area contributed by atoms with E-state index in [-0.39, 0.29) is 45.0 Å². The Morgan fingerprint density at radius 1 is 0.727 bits per heavy atom. The molecule has 10 N–H and O–H groups in total. The normalized spacial score (nSPS) is 4.00. The van der Waals surface area contributed by atoms with Crippen molar-refractivity contribution >= 4 is 11.9 Å². The number of hydrogen-bond acceptors (Lipinski definition) is 2. The molecule has 0 atom stereocenters. The first-order valence-corrected chi connectivity index (χ1v) is 1.11. The fourth-order valence-electron chi connectivity index (χ4n) is 0. The predicted octanol–water partition coefficient (Wildman–Crippen LogP) is 2.02. The van der Waals surface area contributed by atoms with Crippen molar-refractivity contribution in [2.24, 2.45) is 0 Å². The molecule has 9 heteroatoms. The molecular weight excluding hydrogens is 250 g/mol. The van der Waals surface area contributed by atoms with E-state index in [1.807, 2.05) is 0 Å². The minimum Gasteiger partial charge on any atom is -0.693 e. The molecule has 0 radical (unpaired) electrons. The molecule has 0 aromatic carbocycles. The zero-order valence-electron chi connectivity index (χ0n) is 5.34. The van der Waals surface area contributed by atoms with Gasteiger partial charge in [-0.1, -0.05) is 0 Å². The second-order valence-corrected chi connectivity index (χ2v) is 0.610. The zero-order valence-corrected chi connectivity index (χ0v) is 6.89. The Bertz CT molecular complexity index is 86.1. The van der Waals surface area contributed by atoms with E-state index in [1.165, 1.54) is 0 Å². The van der Waals surface area contributed by atoms with Crippen LogP contribution in [-0.2, 0) is 30.0 Å². The number of carboxylic acids is 2. The molecule has 0 rings (SSSR count). The van der Waals surface area contributed by atoms with Crippen molar-refractivity contribution in [1.29, 1.82) is 0 Å². The molecule has 0 saturated heterocycles. The first-order valence-electron chi connectivity index (χ1n) is 1.11. The molecule has 0 fully saturated rings. The van der Waals surface area contributed by atoms with Crippen molar-refractivity contribution in [3.05, 3.63) is 24.6 Å². The number of nitrogens with two attached hydrogens (primary N) is 4. The summed E-state index contributed by atoms with van der Waals surface area (Å²) in [6, 6.07) is 0. The summed E-state index contributed by atoms with van der Waals surface area (Å²) in [5.41, 5.74) is 0. The van der Waals surface area contributed by atoms with Gasteiger partial charge in [-0.05, 0) is 0 Å². The van der Waals surface area contributed by atoms with Gasteiger partial charge in [-0.25, -0.2) is 9.59 Å². The van der Waals surface area contributed by atoms with E-state index in [4.69, 9.17) is 19.8 Å². The number of carboxylic acid groups (broad SMARTS) is 2. The molecule has 0 bridgehead atoms. The van der Waals surface area contributed by atoms with Crippen LogP contribution < -0.4 is 0 Å². The van der Waals surface area contributed by atoms with Crippen LogP contribution >= 0.6 is 0 Å². The average molecular weight is 261 g/mol. The van der Waals surface area contributed by atoms with Crippen molar-refractivity contribution in [2.45, 2.75) is 0 Å². The molecule has 0 unspecified atom stereocenters. The van der Waals surface area contributed by atoms with Gasteiger partial charge in [0.2, 0.25) is 0 Å². The van der Waals surface area contributed by atoms with Gasteiger partial charge in [0.05, 0.1) is 0 Å². The summed E-state index contributed by atoms with van der Waals surface area (Å²) in [6.07, 6.45) is 0. The van der Waals surface area contributed by atoms with Gasteiger partial charge in [0.25, 0.3) is 0 Å². The molecule has 0 amide bonds. The summed E-state index contributed by atoms with van der Waals surface area (Å²) in [6.45, 7) is 0. The Balaban J connectivity index is -0.0000000125. The summed E-state index contributed by atoms with van der Waals surface area (Å²) < 4.78 is 0. The molecule has 0 aliphatic carbocycles. The number of hydrogen-bond donors (Lipinski definition) is 2. The third-order valence-electron chi connectivity index (χ3n) is 0.183. The van der Waals surface area contributed by atoms with Gasteiger partial charge in [0.15, 0.2) is 0 Å². The van der Waals surface area contributed by atoms with Crippen LogP contribution in [-0.4, -0.2) is 22.2 Å². The molecule has 0 saturated carbocycles. The zero-order chi connectivity index (χ0) is 5.15. The minimum atomic E-state index is -1.82. The molecule has 8 nitrogen and oxygen atoms in total. The first kappa shape index (κ1) is 47.2. The summed E-state index contributed by atoms with van der Waals surface area (Å²) in [5, 5.41) is 14.8. The predicted molar refractivity (Wildman–Crippen MR) is 36.4 cm³/mol. The third kappa shape index (κ3) is 44.1. The van der Waals surface area contributed by atoms with E-state index in [0.717, 1.165) is 0 Å². The quantitative estimate of drug-likeness (QED) is 0.494. The number of carbonyl (C=O) groups is 2. The largest absolute Gasteiger partial charge is 0.693 e. The van der Waals surface area contributed by atoms with Gasteiger partial charge in [0, 0.05) is 20.4 Å². The standard InChI is InChI=1S/C2H2O4.4H2N.Pd/c3-1(4)2(5)6;;;;;/h(H,3,4)(H,5,6);4*1H2;/q;4*-1;. The van der Waals surface area contributed by atoms with Gasteiger partial charge in [-0.2, -0.15) is 0 Å². The van der Waals surface area contributed by atoms with Crippen molar-refractivity contribution in [1.82, 2.24) is 0 Å². The number of rotatable bonds is 0. The summed E-state index contributed by atoms with van der Waals surface area (Å²) in [7, 11) is 0. The fourth-order valence-corrected chi connectivity index (χ4v) is 0. The monoisotopic (exact) mass is 260 g/mol. The van der Waals surface area contributed by atoms with Crippen LogP contribution in [0.1, 0.15) is 0 Å². The van der Waals surface area contributed by atoms with Crippen molar-refractivity contribution in [3.63, 3.8) is 0 Å². The van der Waals surface area contributed by atoms with Gasteiger partial charge < -0.3 is 34.8 Å². The van der Waals surface area contributed by atoms with Crippen LogP contribution in [0.25, 0.3) is 24.6 Å². The molecule has 76 valence electrons. The summed E-state index contributed by atoms with van der Waals surface area (Å²) in [4.78, 5) is 18.2. The van der Waals surface area contributed by atoms with Crippen LogP contribution in [0.15, 0.2) is 0 Å². The van der Waals surface area contributed by atoms with Crippen molar-refractivity contribution < 1.29 is 40.2 Å². The van der Waals surface area contributed by atoms with Crippen LogP contribution in [0, 0.1) is 0 Å². The van der Waals surface area contributed by atoms with Crippen LogP contribution in [0.3, 0.4) is 0 Å². The van der Waals surface area contributed by atoms with E-state index in [0.29, 0.717) is 0 Å². The molecule has 0 aliphatic heterocycles. The van der Waals surface area contributed by atoms with Gasteiger partial charge in [-0.15, -0.1) is 0 Å². The van der Waals surface area contributed by atoms with E-state index in [1.54, 1.807) is 0 Å². The Morgan fingerprint density at radius 2 is 0.818 bits per heavy atom. The molecule has 0 aromatic heterocycles. The van der Waals surface area contributed by atoms with Crippen molar-refractivity contribution in [2.75, 3.05) is 0 Å². The SMILES string of the molecule is O=C(O)C(=O)O.[NH2-].[NH2-].[NH2-].[NH2-].[Pd]. The van der Waals surface area contributed by atoms with E-state index >= 15 is 0 Å². The Kier molecular flexibility index (Phi) is 97.4. The second kappa shape index (κ2) is 22.7. The minimum absolute atomic E-state index is 0. The fraction of sp³-hybridized carbons (Fsp3) is 0. The van der Waals surface area contributed by atoms with Gasteiger partial charge in [0.1, 0.15) is 0 Å². The van der Waals surface area contributed by atoms with Gasteiger partial charge in [-0.3, -0.25) is 0 Å². The van der Waals surface area contributed by atoms with Crippen LogP contribution in [0.2, 0.25) is 0 Å².